The number of benzene rings is 1. The van der Waals surface area contributed by atoms with Crippen LogP contribution in [0, 0.1) is 11.3 Å². The van der Waals surface area contributed by atoms with Crippen molar-refractivity contribution in [1.29, 1.82) is 5.26 Å². The minimum absolute atomic E-state index is 0.132. The molecule has 90 valence electrons. The van der Waals surface area contributed by atoms with E-state index in [1.165, 1.54) is 0 Å². The van der Waals surface area contributed by atoms with E-state index >= 15 is 0 Å². The number of rotatable bonds is 4. The maximum absolute atomic E-state index is 10.7. The number of para-hydroxylation sites is 1. The van der Waals surface area contributed by atoms with Gasteiger partial charge in [-0.1, -0.05) is 12.1 Å². The summed E-state index contributed by atoms with van der Waals surface area (Å²) < 4.78 is 5.49. The third kappa shape index (κ3) is 2.09. The topological polar surface area (TPSA) is 78.8 Å². The number of aldehydes is 1. The molecule has 0 spiro atoms. The second-order valence-corrected chi connectivity index (χ2v) is 3.50. The second kappa shape index (κ2) is 5.15. The van der Waals surface area contributed by atoms with Crippen LogP contribution in [0.15, 0.2) is 24.3 Å². The highest BCUT2D eigenvalue weighted by molar-refractivity contribution is 5.77. The first kappa shape index (κ1) is 11.9. The van der Waals surface area contributed by atoms with E-state index in [1.807, 2.05) is 31.2 Å². The molecule has 0 fully saturated rings. The fraction of sp³-hybridized carbons (Fsp3) is 0.154. The van der Waals surface area contributed by atoms with Gasteiger partial charge in [0.15, 0.2) is 17.8 Å². The van der Waals surface area contributed by atoms with Crippen LogP contribution in [0.3, 0.4) is 0 Å². The fourth-order valence-corrected chi connectivity index (χ4v) is 1.68. The van der Waals surface area contributed by atoms with Crippen LogP contribution >= 0.6 is 0 Å². The second-order valence-electron chi connectivity index (χ2n) is 3.50. The predicted molar refractivity (Wildman–Crippen MR) is 65.3 cm³/mol. The summed E-state index contributed by atoms with van der Waals surface area (Å²) in [6.07, 6.45) is 0.577. The Morgan fingerprint density at radius 3 is 2.94 bits per heavy atom. The van der Waals surface area contributed by atoms with Gasteiger partial charge in [-0.15, -0.1) is 0 Å². The van der Waals surface area contributed by atoms with Gasteiger partial charge in [-0.05, 0) is 19.1 Å². The average molecular weight is 241 g/mol. The van der Waals surface area contributed by atoms with Crippen molar-refractivity contribution in [2.24, 2.45) is 0 Å². The summed E-state index contributed by atoms with van der Waals surface area (Å²) in [5.74, 6) is 0.783. The Morgan fingerprint density at radius 2 is 2.28 bits per heavy atom. The number of aromatic nitrogens is 2. The van der Waals surface area contributed by atoms with E-state index < -0.39 is 0 Å². The molecule has 2 rings (SSSR count). The summed E-state index contributed by atoms with van der Waals surface area (Å²) in [7, 11) is 0. The number of hydrogen-bond acceptors (Lipinski definition) is 4. The number of ether oxygens (including phenoxy) is 1. The zero-order valence-corrected chi connectivity index (χ0v) is 9.80. The molecule has 1 N–H and O–H groups in total. The number of nitrogens with zero attached hydrogens (tertiary/aromatic N) is 2. The van der Waals surface area contributed by atoms with E-state index in [2.05, 4.69) is 9.97 Å². The molecule has 0 aliphatic carbocycles. The van der Waals surface area contributed by atoms with Crippen molar-refractivity contribution in [3.63, 3.8) is 0 Å². The van der Waals surface area contributed by atoms with Crippen molar-refractivity contribution < 1.29 is 9.53 Å². The van der Waals surface area contributed by atoms with E-state index in [0.717, 1.165) is 5.56 Å². The Bertz CT molecular complexity index is 611. The molecule has 18 heavy (non-hydrogen) atoms. The van der Waals surface area contributed by atoms with Gasteiger partial charge in [0.25, 0.3) is 0 Å². The lowest BCUT2D eigenvalue weighted by Crippen LogP contribution is -1.94. The van der Waals surface area contributed by atoms with E-state index in [9.17, 15) is 4.79 Å². The van der Waals surface area contributed by atoms with Gasteiger partial charge in [-0.2, -0.15) is 5.26 Å². The summed E-state index contributed by atoms with van der Waals surface area (Å²) in [6, 6.07) is 9.26. The Hall–Kier alpha value is -2.61. The van der Waals surface area contributed by atoms with E-state index in [0.29, 0.717) is 24.3 Å². The van der Waals surface area contributed by atoms with Gasteiger partial charge in [-0.3, -0.25) is 4.79 Å². The molecule has 0 radical (unpaired) electrons. The quantitative estimate of drug-likeness (QED) is 0.832. The average Bonchev–Trinajstić information content (AvgIpc) is 2.83. The first-order chi connectivity index (χ1) is 8.80. The van der Waals surface area contributed by atoms with Gasteiger partial charge in [0, 0.05) is 5.56 Å². The van der Waals surface area contributed by atoms with Crippen LogP contribution in [0.2, 0.25) is 0 Å². The van der Waals surface area contributed by atoms with Crippen LogP contribution in [0.25, 0.3) is 11.3 Å². The number of carbonyl (C=O) groups excluding carboxylic acids is 1. The first-order valence-electron chi connectivity index (χ1n) is 5.47. The normalized spacial score (nSPS) is 9.78. The molecular formula is C13H11N3O2. The van der Waals surface area contributed by atoms with Gasteiger partial charge < -0.3 is 9.72 Å². The number of nitrogens with one attached hydrogen (secondary N) is 1. The van der Waals surface area contributed by atoms with Crippen molar-refractivity contribution in [1.82, 2.24) is 9.97 Å². The smallest absolute Gasteiger partial charge is 0.185 e. The lowest BCUT2D eigenvalue weighted by Gasteiger charge is -2.08. The lowest BCUT2D eigenvalue weighted by molar-refractivity contribution is 0.111. The molecule has 0 amide bonds. The third-order valence-corrected chi connectivity index (χ3v) is 2.40. The van der Waals surface area contributed by atoms with Crippen molar-refractivity contribution in [3.8, 4) is 23.1 Å². The Morgan fingerprint density at radius 1 is 1.50 bits per heavy atom. The number of carbonyl (C=O) groups is 1. The van der Waals surface area contributed by atoms with Crippen LogP contribution in [-0.4, -0.2) is 22.9 Å². The molecule has 0 atom stereocenters. The molecule has 0 unspecified atom stereocenters. The van der Waals surface area contributed by atoms with Gasteiger partial charge in [-0.25, -0.2) is 4.98 Å². The minimum atomic E-state index is 0.132. The Labute approximate surface area is 104 Å². The monoisotopic (exact) mass is 241 g/mol. The van der Waals surface area contributed by atoms with Crippen molar-refractivity contribution >= 4 is 6.29 Å². The van der Waals surface area contributed by atoms with E-state index in [-0.39, 0.29) is 11.5 Å². The summed E-state index contributed by atoms with van der Waals surface area (Å²) in [5, 5.41) is 9.02. The van der Waals surface area contributed by atoms with E-state index in [1.54, 1.807) is 6.07 Å². The van der Waals surface area contributed by atoms with Crippen molar-refractivity contribution in [3.05, 3.63) is 35.8 Å². The molecule has 0 saturated heterocycles. The summed E-state index contributed by atoms with van der Waals surface area (Å²) in [5.41, 5.74) is 1.41. The largest absolute Gasteiger partial charge is 0.493 e. The van der Waals surface area contributed by atoms with Crippen molar-refractivity contribution in [2.75, 3.05) is 6.61 Å². The molecular weight excluding hydrogens is 230 g/mol. The maximum Gasteiger partial charge on any atom is 0.185 e. The van der Waals surface area contributed by atoms with Crippen LogP contribution in [0.4, 0.5) is 0 Å². The maximum atomic E-state index is 10.7. The molecule has 0 aliphatic heterocycles. The molecule has 0 bridgehead atoms. The molecule has 1 heterocycles. The molecule has 1 aromatic heterocycles. The first-order valence-corrected chi connectivity index (χ1v) is 5.47. The molecule has 2 aromatic rings. The van der Waals surface area contributed by atoms with Gasteiger partial charge in [0.1, 0.15) is 11.8 Å². The summed E-state index contributed by atoms with van der Waals surface area (Å²) in [4.78, 5) is 17.4. The van der Waals surface area contributed by atoms with E-state index in [4.69, 9.17) is 10.00 Å². The van der Waals surface area contributed by atoms with Crippen LogP contribution in [0.5, 0.6) is 5.75 Å². The SMILES string of the molecule is CCOc1ccccc1-c1[nH]c(C=O)nc1C#N. The van der Waals surface area contributed by atoms with Crippen LogP contribution < -0.4 is 4.74 Å². The van der Waals surface area contributed by atoms with Crippen LogP contribution in [-0.2, 0) is 0 Å². The molecule has 0 aliphatic rings. The molecule has 5 nitrogen and oxygen atoms in total. The highest BCUT2D eigenvalue weighted by Crippen LogP contribution is 2.30. The zero-order chi connectivity index (χ0) is 13.0. The molecule has 0 saturated carbocycles. The Kier molecular flexibility index (Phi) is 3.39. The van der Waals surface area contributed by atoms with Gasteiger partial charge in [0.05, 0.1) is 12.3 Å². The standard InChI is InChI=1S/C13H11N3O2/c1-2-18-11-6-4-3-5-9(11)13-10(7-14)15-12(8-17)16-13/h3-6,8H,2H2,1H3,(H,15,16). The zero-order valence-electron chi connectivity index (χ0n) is 9.80. The number of hydrogen-bond donors (Lipinski definition) is 1. The fourth-order valence-electron chi connectivity index (χ4n) is 1.68. The third-order valence-electron chi connectivity index (χ3n) is 2.40. The molecule has 5 heteroatoms. The summed E-state index contributed by atoms with van der Waals surface area (Å²) in [6.45, 7) is 2.40. The van der Waals surface area contributed by atoms with Crippen LogP contribution in [0.1, 0.15) is 23.2 Å². The van der Waals surface area contributed by atoms with Gasteiger partial charge >= 0.3 is 0 Å². The molecule has 1 aromatic carbocycles. The highest BCUT2D eigenvalue weighted by atomic mass is 16.5. The van der Waals surface area contributed by atoms with Crippen molar-refractivity contribution in [2.45, 2.75) is 6.92 Å². The lowest BCUT2D eigenvalue weighted by atomic mass is 10.1. The minimum Gasteiger partial charge on any atom is -0.493 e. The predicted octanol–water partition coefficient (Wildman–Crippen LogP) is 2.16. The summed E-state index contributed by atoms with van der Waals surface area (Å²) >= 11 is 0. The number of H-pyrrole nitrogens is 1. The Balaban J connectivity index is 2.58. The number of imidazole rings is 1. The number of aromatic amines is 1. The highest BCUT2D eigenvalue weighted by Gasteiger charge is 2.15. The number of nitriles is 1. The van der Waals surface area contributed by atoms with Gasteiger partial charge in [0.2, 0.25) is 0 Å².